The molecule has 3 aliphatic rings. The molecule has 142 valence electrons. The third-order valence-electron chi connectivity index (χ3n) is 5.37. The summed E-state index contributed by atoms with van der Waals surface area (Å²) in [6.07, 6.45) is 3.23. The SMILES string of the molecule is O=C(NC[C@@H]1CC[C@H]1NC(=O)C1COCCO1)c1[nH]nc2c1CCCN2. The summed E-state index contributed by atoms with van der Waals surface area (Å²) in [7, 11) is 0. The van der Waals surface area contributed by atoms with E-state index in [0.29, 0.717) is 32.1 Å². The van der Waals surface area contributed by atoms with E-state index in [1.165, 1.54) is 0 Å². The molecule has 4 rings (SSSR count). The predicted molar refractivity (Wildman–Crippen MR) is 92.9 cm³/mol. The van der Waals surface area contributed by atoms with E-state index in [-0.39, 0.29) is 23.8 Å². The van der Waals surface area contributed by atoms with Gasteiger partial charge in [0.15, 0.2) is 11.9 Å². The molecule has 0 bridgehead atoms. The van der Waals surface area contributed by atoms with Crippen LogP contribution in [-0.4, -0.2) is 67.1 Å². The number of H-pyrrole nitrogens is 1. The molecule has 0 radical (unpaired) electrons. The molecule has 1 unspecified atom stereocenters. The van der Waals surface area contributed by atoms with Gasteiger partial charge in [-0.25, -0.2) is 0 Å². The smallest absolute Gasteiger partial charge is 0.269 e. The predicted octanol–water partition coefficient (Wildman–Crippen LogP) is -0.192. The van der Waals surface area contributed by atoms with Crippen LogP contribution in [0.25, 0.3) is 0 Å². The van der Waals surface area contributed by atoms with Crippen molar-refractivity contribution in [2.45, 2.75) is 37.8 Å². The summed E-state index contributed by atoms with van der Waals surface area (Å²) in [5.41, 5.74) is 1.50. The zero-order valence-corrected chi connectivity index (χ0v) is 14.7. The highest BCUT2D eigenvalue weighted by Crippen LogP contribution is 2.27. The van der Waals surface area contributed by atoms with Crippen molar-refractivity contribution in [3.05, 3.63) is 11.3 Å². The number of hydrogen-bond acceptors (Lipinski definition) is 6. The Morgan fingerprint density at radius 1 is 1.27 bits per heavy atom. The quantitative estimate of drug-likeness (QED) is 0.576. The van der Waals surface area contributed by atoms with Crippen molar-refractivity contribution >= 4 is 17.6 Å². The van der Waals surface area contributed by atoms with Gasteiger partial charge in [0.1, 0.15) is 5.69 Å². The molecule has 1 saturated heterocycles. The standard InChI is InChI=1S/C17H25N5O4/c23-16(13-9-25-6-7-26-13)20-12-4-3-10(12)8-19-17(24)14-11-2-1-5-18-15(11)22-21-14/h10,12-13H,1-9H2,(H,19,24)(H,20,23)(H2,18,21,22)/t10-,12+,13?/m0/s1. The maximum Gasteiger partial charge on any atom is 0.269 e. The molecule has 1 aromatic heterocycles. The van der Waals surface area contributed by atoms with Crippen LogP contribution in [0.15, 0.2) is 0 Å². The molecule has 2 fully saturated rings. The lowest BCUT2D eigenvalue weighted by molar-refractivity contribution is -0.149. The Balaban J connectivity index is 1.26. The topological polar surface area (TPSA) is 117 Å². The van der Waals surface area contributed by atoms with Gasteiger partial charge in [0, 0.05) is 24.7 Å². The highest BCUT2D eigenvalue weighted by molar-refractivity contribution is 5.95. The van der Waals surface area contributed by atoms with Crippen LogP contribution in [0.5, 0.6) is 0 Å². The molecule has 9 heteroatoms. The van der Waals surface area contributed by atoms with E-state index < -0.39 is 6.10 Å². The number of carbonyl (C=O) groups excluding carboxylic acids is 2. The van der Waals surface area contributed by atoms with Gasteiger partial charge in [0.25, 0.3) is 11.8 Å². The van der Waals surface area contributed by atoms with Crippen molar-refractivity contribution in [3.8, 4) is 0 Å². The maximum atomic E-state index is 12.5. The summed E-state index contributed by atoms with van der Waals surface area (Å²) in [5.74, 6) is 0.761. The minimum absolute atomic E-state index is 0.0747. The second kappa shape index (κ2) is 7.63. The van der Waals surface area contributed by atoms with Crippen molar-refractivity contribution < 1.29 is 19.1 Å². The largest absolute Gasteiger partial charge is 0.376 e. The number of hydrogen-bond donors (Lipinski definition) is 4. The van der Waals surface area contributed by atoms with E-state index in [1.54, 1.807) is 0 Å². The Morgan fingerprint density at radius 3 is 2.96 bits per heavy atom. The number of nitrogens with zero attached hydrogens (tertiary/aromatic N) is 1. The molecular weight excluding hydrogens is 338 g/mol. The van der Waals surface area contributed by atoms with Crippen LogP contribution in [0.1, 0.15) is 35.3 Å². The Labute approximate surface area is 151 Å². The van der Waals surface area contributed by atoms with Crippen molar-refractivity contribution in [2.75, 3.05) is 38.2 Å². The third kappa shape index (κ3) is 3.54. The van der Waals surface area contributed by atoms with Crippen molar-refractivity contribution in [1.82, 2.24) is 20.8 Å². The fourth-order valence-electron chi connectivity index (χ4n) is 3.64. The number of carbonyl (C=O) groups is 2. The number of ether oxygens (including phenoxy) is 2. The average molecular weight is 363 g/mol. The number of aromatic nitrogens is 2. The summed E-state index contributed by atoms with van der Waals surface area (Å²) in [5, 5.41) is 16.2. The van der Waals surface area contributed by atoms with Gasteiger partial charge in [-0.05, 0) is 31.6 Å². The summed E-state index contributed by atoms with van der Waals surface area (Å²) >= 11 is 0. The monoisotopic (exact) mass is 363 g/mol. The zero-order chi connectivity index (χ0) is 17.9. The Morgan fingerprint density at radius 2 is 2.19 bits per heavy atom. The highest BCUT2D eigenvalue weighted by atomic mass is 16.6. The van der Waals surface area contributed by atoms with Crippen LogP contribution in [0.2, 0.25) is 0 Å². The number of nitrogens with one attached hydrogen (secondary N) is 4. The molecule has 1 saturated carbocycles. The van der Waals surface area contributed by atoms with Crippen molar-refractivity contribution in [2.24, 2.45) is 5.92 Å². The van der Waals surface area contributed by atoms with Gasteiger partial charge in [-0.3, -0.25) is 14.7 Å². The molecule has 3 atom stereocenters. The van der Waals surface area contributed by atoms with E-state index in [9.17, 15) is 9.59 Å². The average Bonchev–Trinajstić information content (AvgIpc) is 3.10. The lowest BCUT2D eigenvalue weighted by Gasteiger charge is -2.38. The van der Waals surface area contributed by atoms with Gasteiger partial charge >= 0.3 is 0 Å². The molecule has 3 heterocycles. The lowest BCUT2D eigenvalue weighted by atomic mass is 9.79. The van der Waals surface area contributed by atoms with Crippen molar-refractivity contribution in [1.29, 1.82) is 0 Å². The summed E-state index contributed by atoms with van der Waals surface area (Å²) in [6, 6.07) is 0.0747. The van der Waals surface area contributed by atoms with Gasteiger partial charge in [0.05, 0.1) is 19.8 Å². The molecule has 0 spiro atoms. The second-order valence-electron chi connectivity index (χ2n) is 7.05. The summed E-state index contributed by atoms with van der Waals surface area (Å²) in [6.45, 7) is 2.71. The van der Waals surface area contributed by atoms with E-state index in [0.717, 1.165) is 43.6 Å². The minimum atomic E-state index is -0.524. The first-order valence-corrected chi connectivity index (χ1v) is 9.31. The minimum Gasteiger partial charge on any atom is -0.376 e. The molecule has 1 aromatic rings. The van der Waals surface area contributed by atoms with Crippen LogP contribution in [0.3, 0.4) is 0 Å². The molecule has 26 heavy (non-hydrogen) atoms. The van der Waals surface area contributed by atoms with E-state index in [4.69, 9.17) is 9.47 Å². The van der Waals surface area contributed by atoms with E-state index in [2.05, 4.69) is 26.1 Å². The summed E-state index contributed by atoms with van der Waals surface area (Å²) in [4.78, 5) is 24.7. The molecule has 1 aliphatic carbocycles. The van der Waals surface area contributed by atoms with Gasteiger partial charge < -0.3 is 25.4 Å². The first-order valence-electron chi connectivity index (χ1n) is 9.31. The van der Waals surface area contributed by atoms with Gasteiger partial charge in [-0.1, -0.05) is 0 Å². The van der Waals surface area contributed by atoms with E-state index in [1.807, 2.05) is 0 Å². The number of aromatic amines is 1. The molecule has 9 nitrogen and oxygen atoms in total. The van der Waals surface area contributed by atoms with Crippen LogP contribution < -0.4 is 16.0 Å². The molecular formula is C17H25N5O4. The van der Waals surface area contributed by atoms with Gasteiger partial charge in [-0.15, -0.1) is 0 Å². The fraction of sp³-hybridized carbons (Fsp3) is 0.706. The highest BCUT2D eigenvalue weighted by Gasteiger charge is 2.35. The second-order valence-corrected chi connectivity index (χ2v) is 7.05. The van der Waals surface area contributed by atoms with Crippen LogP contribution >= 0.6 is 0 Å². The number of fused-ring (bicyclic) bond motifs is 1. The fourth-order valence-corrected chi connectivity index (χ4v) is 3.64. The molecule has 2 aliphatic heterocycles. The first kappa shape index (κ1) is 17.3. The summed E-state index contributed by atoms with van der Waals surface area (Å²) < 4.78 is 10.7. The lowest BCUT2D eigenvalue weighted by Crippen LogP contribution is -2.54. The van der Waals surface area contributed by atoms with E-state index >= 15 is 0 Å². The molecule has 2 amide bonds. The Bertz CT molecular complexity index is 670. The Kier molecular flexibility index (Phi) is 5.07. The zero-order valence-electron chi connectivity index (χ0n) is 14.7. The maximum absolute atomic E-state index is 12.5. The number of anilines is 1. The number of rotatable bonds is 5. The molecule has 4 N–H and O–H groups in total. The van der Waals surface area contributed by atoms with Crippen LogP contribution in [-0.2, 0) is 20.7 Å². The van der Waals surface area contributed by atoms with Crippen molar-refractivity contribution in [3.63, 3.8) is 0 Å². The van der Waals surface area contributed by atoms with Gasteiger partial charge in [0.2, 0.25) is 0 Å². The first-order chi connectivity index (χ1) is 12.7. The molecule has 0 aromatic carbocycles. The third-order valence-corrected chi connectivity index (χ3v) is 5.37. The van der Waals surface area contributed by atoms with Crippen LogP contribution in [0, 0.1) is 5.92 Å². The Hall–Kier alpha value is -2.13. The van der Waals surface area contributed by atoms with Gasteiger partial charge in [-0.2, -0.15) is 5.10 Å². The van der Waals surface area contributed by atoms with Crippen LogP contribution in [0.4, 0.5) is 5.82 Å². The normalized spacial score (nSPS) is 27.6. The number of amides is 2.